The molecule has 1 atom stereocenters. The Morgan fingerprint density at radius 1 is 1.40 bits per heavy atom. The summed E-state index contributed by atoms with van der Waals surface area (Å²) >= 11 is 0. The lowest BCUT2D eigenvalue weighted by molar-refractivity contribution is 0.381. The average Bonchev–Trinajstić information content (AvgIpc) is 2.74. The van der Waals surface area contributed by atoms with Gasteiger partial charge in [-0.1, -0.05) is 12.1 Å². The van der Waals surface area contributed by atoms with Crippen molar-refractivity contribution in [1.82, 2.24) is 4.90 Å². The maximum atomic E-state index is 3.57. The van der Waals surface area contributed by atoms with Crippen molar-refractivity contribution in [1.29, 1.82) is 0 Å². The molecule has 1 saturated heterocycles. The summed E-state index contributed by atoms with van der Waals surface area (Å²) in [7, 11) is 2.23. The molecule has 2 nitrogen and oxygen atoms in total. The highest BCUT2D eigenvalue weighted by atomic mass is 15.1. The number of likely N-dealkylation sites (tertiary alicyclic amines) is 1. The molecule has 15 heavy (non-hydrogen) atoms. The summed E-state index contributed by atoms with van der Waals surface area (Å²) in [4.78, 5) is 2.45. The maximum absolute atomic E-state index is 3.57. The minimum atomic E-state index is 0.398. The fourth-order valence-electron chi connectivity index (χ4n) is 3.30. The molecular weight excluding hydrogens is 184 g/mol. The molecule has 80 valence electrons. The van der Waals surface area contributed by atoms with Gasteiger partial charge in [0, 0.05) is 24.2 Å². The molecule has 2 aliphatic heterocycles. The third-order valence-corrected chi connectivity index (χ3v) is 3.97. The van der Waals surface area contributed by atoms with Gasteiger partial charge in [-0.3, -0.25) is 0 Å². The van der Waals surface area contributed by atoms with Gasteiger partial charge in [-0.05, 0) is 44.1 Å². The van der Waals surface area contributed by atoms with Crippen LogP contribution in [-0.2, 0) is 5.41 Å². The molecule has 0 bridgehead atoms. The molecule has 0 saturated carbocycles. The number of hydrogen-bond donors (Lipinski definition) is 1. The number of benzene rings is 1. The number of hydrogen-bond acceptors (Lipinski definition) is 2. The zero-order valence-electron chi connectivity index (χ0n) is 9.51. The Bertz CT molecular complexity index is 396. The van der Waals surface area contributed by atoms with Gasteiger partial charge in [-0.2, -0.15) is 0 Å². The molecule has 1 N–H and O–H groups in total. The van der Waals surface area contributed by atoms with Crippen LogP contribution in [0.4, 0.5) is 5.69 Å². The van der Waals surface area contributed by atoms with Gasteiger partial charge in [0.1, 0.15) is 0 Å². The molecule has 0 radical (unpaired) electrons. The first-order valence-electron chi connectivity index (χ1n) is 5.74. The van der Waals surface area contributed by atoms with Gasteiger partial charge in [-0.15, -0.1) is 0 Å². The molecule has 2 aliphatic rings. The van der Waals surface area contributed by atoms with Crippen molar-refractivity contribution in [3.63, 3.8) is 0 Å². The fraction of sp³-hybridized carbons (Fsp3) is 0.538. The fourth-order valence-corrected chi connectivity index (χ4v) is 3.30. The summed E-state index contributed by atoms with van der Waals surface area (Å²) in [6.45, 7) is 5.80. The summed E-state index contributed by atoms with van der Waals surface area (Å²) in [5.74, 6) is 0. The molecule has 0 aliphatic carbocycles. The van der Waals surface area contributed by atoms with Gasteiger partial charge in [-0.25, -0.2) is 0 Å². The predicted octanol–water partition coefficient (Wildman–Crippen LogP) is 1.99. The Labute approximate surface area is 91.3 Å². The summed E-state index contributed by atoms with van der Waals surface area (Å²) in [5.41, 5.74) is 4.79. The second-order valence-corrected chi connectivity index (χ2v) is 5.12. The molecule has 1 spiro atoms. The highest BCUT2D eigenvalue weighted by Crippen LogP contribution is 2.44. The first-order valence-corrected chi connectivity index (χ1v) is 5.74. The lowest BCUT2D eigenvalue weighted by Gasteiger charge is -2.24. The predicted molar refractivity (Wildman–Crippen MR) is 63.5 cm³/mol. The van der Waals surface area contributed by atoms with Crippen LogP contribution in [-0.4, -0.2) is 31.6 Å². The Morgan fingerprint density at radius 2 is 2.27 bits per heavy atom. The van der Waals surface area contributed by atoms with E-state index in [1.165, 1.54) is 30.8 Å². The largest absolute Gasteiger partial charge is 0.384 e. The molecule has 1 aromatic rings. The van der Waals surface area contributed by atoms with Crippen molar-refractivity contribution in [2.24, 2.45) is 0 Å². The maximum Gasteiger partial charge on any atom is 0.0382 e. The molecule has 2 heteroatoms. The van der Waals surface area contributed by atoms with Gasteiger partial charge in [0.25, 0.3) is 0 Å². The number of aryl methyl sites for hydroxylation is 1. The van der Waals surface area contributed by atoms with E-state index in [2.05, 4.69) is 42.4 Å². The van der Waals surface area contributed by atoms with Gasteiger partial charge >= 0.3 is 0 Å². The van der Waals surface area contributed by atoms with Crippen molar-refractivity contribution >= 4 is 5.69 Å². The van der Waals surface area contributed by atoms with E-state index in [9.17, 15) is 0 Å². The minimum Gasteiger partial charge on any atom is -0.384 e. The third-order valence-electron chi connectivity index (χ3n) is 3.97. The Balaban J connectivity index is 2.11. The normalized spacial score (nSPS) is 29.5. The highest BCUT2D eigenvalue weighted by molar-refractivity contribution is 5.63. The van der Waals surface area contributed by atoms with Crippen molar-refractivity contribution in [2.45, 2.75) is 18.8 Å². The quantitative estimate of drug-likeness (QED) is 0.692. The van der Waals surface area contributed by atoms with Crippen LogP contribution >= 0.6 is 0 Å². The number of rotatable bonds is 0. The van der Waals surface area contributed by atoms with Gasteiger partial charge in [0.2, 0.25) is 0 Å². The van der Waals surface area contributed by atoms with E-state index in [1.54, 1.807) is 5.56 Å². The van der Waals surface area contributed by atoms with E-state index >= 15 is 0 Å². The molecule has 0 aromatic heterocycles. The molecule has 0 amide bonds. The van der Waals surface area contributed by atoms with Crippen LogP contribution in [0.2, 0.25) is 0 Å². The molecule has 1 unspecified atom stereocenters. The summed E-state index contributed by atoms with van der Waals surface area (Å²) in [6, 6.07) is 6.61. The van der Waals surface area contributed by atoms with Crippen LogP contribution in [0, 0.1) is 6.92 Å². The van der Waals surface area contributed by atoms with E-state index in [4.69, 9.17) is 0 Å². The van der Waals surface area contributed by atoms with E-state index < -0.39 is 0 Å². The van der Waals surface area contributed by atoms with Crippen molar-refractivity contribution in [3.05, 3.63) is 29.3 Å². The van der Waals surface area contributed by atoms with Crippen LogP contribution in [0.5, 0.6) is 0 Å². The van der Waals surface area contributed by atoms with Crippen LogP contribution in [0.3, 0.4) is 0 Å². The monoisotopic (exact) mass is 202 g/mol. The SMILES string of the molecule is Cc1cccc2c1C1(CCN(C)C1)CN2. The van der Waals surface area contributed by atoms with E-state index in [-0.39, 0.29) is 0 Å². The minimum absolute atomic E-state index is 0.398. The molecular formula is C13H18N2. The lowest BCUT2D eigenvalue weighted by atomic mass is 9.79. The zero-order chi connectivity index (χ0) is 10.5. The summed E-state index contributed by atoms with van der Waals surface area (Å²) in [6.07, 6.45) is 1.30. The number of nitrogens with zero attached hydrogens (tertiary/aromatic N) is 1. The molecule has 1 fully saturated rings. The van der Waals surface area contributed by atoms with Crippen molar-refractivity contribution < 1.29 is 0 Å². The van der Waals surface area contributed by atoms with Crippen LogP contribution in [0.25, 0.3) is 0 Å². The third kappa shape index (κ3) is 1.21. The molecule has 3 rings (SSSR count). The number of nitrogens with one attached hydrogen (secondary N) is 1. The zero-order valence-corrected chi connectivity index (χ0v) is 9.51. The number of fused-ring (bicyclic) bond motifs is 2. The lowest BCUT2D eigenvalue weighted by Crippen LogP contribution is -2.32. The van der Waals surface area contributed by atoms with E-state index in [1.807, 2.05) is 0 Å². The van der Waals surface area contributed by atoms with E-state index in [0.29, 0.717) is 5.41 Å². The van der Waals surface area contributed by atoms with Crippen LogP contribution in [0.15, 0.2) is 18.2 Å². The first kappa shape index (κ1) is 9.22. The topological polar surface area (TPSA) is 15.3 Å². The van der Waals surface area contributed by atoms with Crippen molar-refractivity contribution in [2.75, 3.05) is 32.0 Å². The Morgan fingerprint density at radius 3 is 3.00 bits per heavy atom. The second-order valence-electron chi connectivity index (χ2n) is 5.12. The van der Waals surface area contributed by atoms with Gasteiger partial charge < -0.3 is 10.2 Å². The molecule has 1 aromatic carbocycles. The molecule has 2 heterocycles. The van der Waals surface area contributed by atoms with Gasteiger partial charge in [0.05, 0.1) is 0 Å². The Hall–Kier alpha value is -1.02. The van der Waals surface area contributed by atoms with Gasteiger partial charge in [0.15, 0.2) is 0 Å². The highest BCUT2D eigenvalue weighted by Gasteiger charge is 2.43. The number of likely N-dealkylation sites (N-methyl/N-ethyl adjacent to an activating group) is 1. The summed E-state index contributed by atoms with van der Waals surface area (Å²) < 4.78 is 0. The smallest absolute Gasteiger partial charge is 0.0382 e. The number of anilines is 1. The van der Waals surface area contributed by atoms with Crippen LogP contribution in [0.1, 0.15) is 17.5 Å². The second kappa shape index (κ2) is 2.99. The van der Waals surface area contributed by atoms with Crippen LogP contribution < -0.4 is 5.32 Å². The first-order chi connectivity index (χ1) is 7.21. The standard InChI is InChI=1S/C13H18N2/c1-10-4-3-5-11-12(10)13(8-14-11)6-7-15(2)9-13/h3-5,14H,6-9H2,1-2H3. The summed E-state index contributed by atoms with van der Waals surface area (Å²) in [5, 5.41) is 3.57. The Kier molecular flexibility index (Phi) is 1.84. The average molecular weight is 202 g/mol. The van der Waals surface area contributed by atoms with E-state index in [0.717, 1.165) is 6.54 Å². The van der Waals surface area contributed by atoms with Crippen molar-refractivity contribution in [3.8, 4) is 0 Å².